The Kier molecular flexibility index (Phi) is 12.4. The van der Waals surface area contributed by atoms with Crippen molar-refractivity contribution in [2.75, 3.05) is 0 Å². The largest absolute Gasteiger partial charge is 0.481 e. The standard InChI is InChI=1S/C9H9Br9Cl3O4P/c1-4(10,19)7(13,14)23-26(22,24-8(15,16)5(2,11)20)25-9(17,18)6(3,12)21/h1-3H3. The summed E-state index contributed by atoms with van der Waals surface area (Å²) in [6.07, 6.45) is 0. The Bertz CT molecular complexity index is 480. The van der Waals surface area contributed by atoms with E-state index in [4.69, 9.17) is 48.4 Å². The van der Waals surface area contributed by atoms with E-state index in [-0.39, 0.29) is 0 Å². The fourth-order valence-electron chi connectivity index (χ4n) is 0.718. The fourth-order valence-corrected chi connectivity index (χ4v) is 6.31. The van der Waals surface area contributed by atoms with Gasteiger partial charge in [-0.05, 0) is 116 Å². The van der Waals surface area contributed by atoms with Gasteiger partial charge >= 0.3 is 7.82 Å². The molecule has 0 N–H and O–H groups in total. The van der Waals surface area contributed by atoms with Crippen LogP contribution >= 0.6 is 186 Å². The van der Waals surface area contributed by atoms with Crippen molar-refractivity contribution >= 4 is 186 Å². The summed E-state index contributed by atoms with van der Waals surface area (Å²) < 4.78 is 21.5. The van der Waals surface area contributed by atoms with E-state index in [2.05, 4.69) is 143 Å². The lowest BCUT2D eigenvalue weighted by Crippen LogP contribution is -2.41. The van der Waals surface area contributed by atoms with Crippen LogP contribution in [0.1, 0.15) is 20.8 Å². The van der Waals surface area contributed by atoms with Crippen LogP contribution in [0.25, 0.3) is 0 Å². The maximum absolute atomic E-state index is 13.5. The number of alkyl halides is 12. The molecule has 0 heterocycles. The summed E-state index contributed by atoms with van der Waals surface area (Å²) >= 11 is 47.3. The number of hydrogen-bond donors (Lipinski definition) is 0. The zero-order chi connectivity index (χ0) is 21.6. The molecule has 4 nitrogen and oxygen atoms in total. The first-order chi connectivity index (χ1) is 10.9. The van der Waals surface area contributed by atoms with E-state index in [0.29, 0.717) is 0 Å². The van der Waals surface area contributed by atoms with Gasteiger partial charge in [-0.2, -0.15) is 0 Å². The van der Waals surface area contributed by atoms with Crippen LogP contribution in [0, 0.1) is 0 Å². The molecule has 0 aromatic rings. The second kappa shape index (κ2) is 10.3. The minimum atomic E-state index is -4.50. The second-order valence-electron chi connectivity index (χ2n) is 4.94. The molecule has 17 heteroatoms. The fraction of sp³-hybridized carbons (Fsp3) is 1.00. The average molecular weight is 1040 g/mol. The summed E-state index contributed by atoms with van der Waals surface area (Å²) in [6.45, 7) is 4.58. The van der Waals surface area contributed by atoms with Crippen molar-refractivity contribution < 1.29 is 18.1 Å². The van der Waals surface area contributed by atoms with Gasteiger partial charge in [0.15, 0.2) is 0 Å². The van der Waals surface area contributed by atoms with E-state index in [1.807, 2.05) is 0 Å². The van der Waals surface area contributed by atoms with Gasteiger partial charge in [-0.3, -0.25) is 13.6 Å². The van der Waals surface area contributed by atoms with Crippen molar-refractivity contribution in [3.8, 4) is 0 Å². The highest BCUT2D eigenvalue weighted by molar-refractivity contribution is 9.27. The molecule has 0 amide bonds. The molecule has 0 rings (SSSR count). The number of rotatable bonds is 9. The zero-order valence-corrected chi connectivity index (χ0v) is 30.1. The van der Waals surface area contributed by atoms with Gasteiger partial charge in [-0.15, -0.1) is 34.8 Å². The zero-order valence-electron chi connectivity index (χ0n) is 12.6. The predicted octanol–water partition coefficient (Wildman–Crippen LogP) is 10.5. The van der Waals surface area contributed by atoms with Crippen LogP contribution in [-0.2, 0) is 18.1 Å². The number of phosphoric acid groups is 1. The third-order valence-corrected chi connectivity index (χ3v) is 18.0. The Labute approximate surface area is 242 Å². The number of halogens is 12. The molecule has 0 fully saturated rings. The smallest absolute Gasteiger partial charge is 0.255 e. The molecule has 3 atom stereocenters. The van der Waals surface area contributed by atoms with Crippen molar-refractivity contribution in [1.82, 2.24) is 0 Å². The summed E-state index contributed by atoms with van der Waals surface area (Å²) in [4.78, 5) is 0. The molecular weight excluding hydrogens is 1030 g/mol. The van der Waals surface area contributed by atoms with Gasteiger partial charge in [-0.1, -0.05) is 47.8 Å². The molecule has 0 aromatic heterocycles. The van der Waals surface area contributed by atoms with E-state index in [1.165, 1.54) is 20.8 Å². The Morgan fingerprint density at radius 2 is 0.731 bits per heavy atom. The number of hydrogen-bond acceptors (Lipinski definition) is 4. The van der Waals surface area contributed by atoms with Gasteiger partial charge in [-0.25, -0.2) is 4.57 Å². The monoisotopic (exact) mass is 1030 g/mol. The third kappa shape index (κ3) is 9.27. The third-order valence-electron chi connectivity index (χ3n) is 2.21. The maximum Gasteiger partial charge on any atom is 0.481 e. The summed E-state index contributed by atoms with van der Waals surface area (Å²) in [6, 6.07) is 0. The van der Waals surface area contributed by atoms with E-state index < -0.39 is 29.4 Å². The van der Waals surface area contributed by atoms with Crippen LogP contribution in [0.3, 0.4) is 0 Å². The lowest BCUT2D eigenvalue weighted by Gasteiger charge is -2.40. The highest BCUT2D eigenvalue weighted by Gasteiger charge is 2.58. The van der Waals surface area contributed by atoms with Crippen molar-refractivity contribution in [3.05, 3.63) is 0 Å². The molecule has 0 saturated carbocycles. The Morgan fingerprint density at radius 1 is 0.577 bits per heavy atom. The summed E-state index contributed by atoms with van der Waals surface area (Å²) in [5.41, 5.74) is 0. The summed E-state index contributed by atoms with van der Waals surface area (Å²) in [5, 5.41) is 0. The predicted molar refractivity (Wildman–Crippen MR) is 142 cm³/mol. The summed E-state index contributed by atoms with van der Waals surface area (Å²) in [7, 11) is -4.50. The van der Waals surface area contributed by atoms with Gasteiger partial charge in [0.2, 0.25) is 10.3 Å². The highest BCUT2D eigenvalue weighted by atomic mass is 79.9. The first kappa shape index (κ1) is 31.3. The SMILES string of the molecule is CC(Cl)(Br)C(Br)(Br)OP(=O)(OC(Br)(Br)C(C)(Cl)Br)OC(Br)(Br)C(C)(Cl)Br. The average Bonchev–Trinajstić information content (AvgIpc) is 2.19. The number of phosphoric ester groups is 1. The lowest BCUT2D eigenvalue weighted by atomic mass is 10.5. The first-order valence-electron chi connectivity index (χ1n) is 5.86. The van der Waals surface area contributed by atoms with Gasteiger partial charge in [0.25, 0.3) is 0 Å². The van der Waals surface area contributed by atoms with Crippen LogP contribution < -0.4 is 0 Å². The Balaban J connectivity index is 6.10. The summed E-state index contributed by atoms with van der Waals surface area (Å²) in [5.74, 6) is 0. The highest BCUT2D eigenvalue weighted by Crippen LogP contribution is 2.69. The molecule has 3 unspecified atom stereocenters. The van der Waals surface area contributed by atoms with Gasteiger partial charge in [0.1, 0.15) is 11.4 Å². The molecule has 0 aromatic carbocycles. The molecule has 0 radical (unpaired) electrons. The van der Waals surface area contributed by atoms with Crippen LogP contribution in [0.15, 0.2) is 0 Å². The second-order valence-corrected chi connectivity index (χ2v) is 24.7. The molecule has 0 spiro atoms. The minimum Gasteiger partial charge on any atom is -0.255 e. The van der Waals surface area contributed by atoms with E-state index in [1.54, 1.807) is 0 Å². The van der Waals surface area contributed by atoms with Crippen molar-refractivity contribution in [3.63, 3.8) is 0 Å². The molecule has 26 heavy (non-hydrogen) atoms. The van der Waals surface area contributed by atoms with Crippen LogP contribution in [0.2, 0.25) is 0 Å². The van der Waals surface area contributed by atoms with Crippen LogP contribution in [0.5, 0.6) is 0 Å². The van der Waals surface area contributed by atoms with Gasteiger partial charge in [0, 0.05) is 0 Å². The molecule has 0 aliphatic heterocycles. The lowest BCUT2D eigenvalue weighted by molar-refractivity contribution is 0.0711. The molecule has 0 saturated heterocycles. The molecule has 158 valence electrons. The van der Waals surface area contributed by atoms with Crippen molar-refractivity contribution in [2.45, 2.75) is 42.4 Å². The molecule has 0 aliphatic rings. The van der Waals surface area contributed by atoms with Crippen molar-refractivity contribution in [2.24, 2.45) is 0 Å². The van der Waals surface area contributed by atoms with Gasteiger partial charge < -0.3 is 0 Å². The quantitative estimate of drug-likeness (QED) is 0.171. The minimum absolute atomic E-state index is 1.28. The van der Waals surface area contributed by atoms with E-state index in [9.17, 15) is 4.57 Å². The van der Waals surface area contributed by atoms with Crippen molar-refractivity contribution in [1.29, 1.82) is 0 Å². The Morgan fingerprint density at radius 3 is 0.846 bits per heavy atom. The first-order valence-corrected chi connectivity index (χ1v) is 15.6. The van der Waals surface area contributed by atoms with Gasteiger partial charge in [0.05, 0.1) is 0 Å². The topological polar surface area (TPSA) is 44.8 Å². The van der Waals surface area contributed by atoms with E-state index in [0.717, 1.165) is 0 Å². The van der Waals surface area contributed by atoms with Crippen LogP contribution in [0.4, 0.5) is 0 Å². The normalized spacial score (nSPS) is 23.5. The molecular formula is C9H9Br9Cl3O4P. The van der Waals surface area contributed by atoms with E-state index >= 15 is 0 Å². The molecule has 0 aliphatic carbocycles. The Hall–Kier alpha value is 5.30. The van der Waals surface area contributed by atoms with Crippen LogP contribution in [-0.4, -0.2) is 21.6 Å². The maximum atomic E-state index is 13.5. The molecule has 0 bridgehead atoms.